The van der Waals surface area contributed by atoms with Gasteiger partial charge in [0.1, 0.15) is 23.1 Å². The molecular weight excluding hydrogens is 476 g/mol. The van der Waals surface area contributed by atoms with Crippen molar-refractivity contribution < 1.29 is 27.1 Å². The Labute approximate surface area is 204 Å². The molecule has 3 aromatic carbocycles. The number of amidine groups is 1. The van der Waals surface area contributed by atoms with Crippen molar-refractivity contribution in [3.63, 3.8) is 0 Å². The van der Waals surface area contributed by atoms with E-state index in [1.54, 1.807) is 41.3 Å². The minimum atomic E-state index is -4.51. The number of piperazine rings is 1. The number of anilines is 1. The lowest BCUT2D eigenvalue weighted by Crippen LogP contribution is -2.56. The molecule has 186 valence electrons. The maximum atomic E-state index is 14.0. The SMILES string of the molecule is C[C@H]1CN(C2=Nc3ccc(C(F)(F)F)cc3Oc3ccccc32)CCN1C(=O)Nc1ccccc1F. The zero-order valence-corrected chi connectivity index (χ0v) is 19.2. The number of urea groups is 1. The van der Waals surface area contributed by atoms with Gasteiger partial charge in [0.2, 0.25) is 0 Å². The first-order valence-corrected chi connectivity index (χ1v) is 11.3. The molecule has 3 aromatic rings. The zero-order chi connectivity index (χ0) is 25.4. The number of carbonyl (C=O) groups is 1. The van der Waals surface area contributed by atoms with Crippen LogP contribution in [0.2, 0.25) is 0 Å². The van der Waals surface area contributed by atoms with Crippen LogP contribution in [0.25, 0.3) is 0 Å². The van der Waals surface area contributed by atoms with E-state index in [2.05, 4.69) is 5.32 Å². The van der Waals surface area contributed by atoms with E-state index in [0.717, 1.165) is 12.1 Å². The number of benzene rings is 3. The second kappa shape index (κ2) is 9.18. The number of hydrogen-bond donors (Lipinski definition) is 1. The Morgan fingerprint density at radius 1 is 1.03 bits per heavy atom. The number of fused-ring (bicyclic) bond motifs is 2. The van der Waals surface area contributed by atoms with E-state index in [4.69, 9.17) is 9.73 Å². The Morgan fingerprint density at radius 2 is 1.78 bits per heavy atom. The van der Waals surface area contributed by atoms with Gasteiger partial charge in [-0.05, 0) is 49.4 Å². The van der Waals surface area contributed by atoms with Crippen LogP contribution in [-0.2, 0) is 6.18 Å². The number of nitrogens with one attached hydrogen (secondary N) is 1. The minimum Gasteiger partial charge on any atom is -0.454 e. The molecule has 2 amide bonds. The largest absolute Gasteiger partial charge is 0.454 e. The molecular formula is C26H22F4N4O2. The maximum absolute atomic E-state index is 14.0. The number of alkyl halides is 3. The van der Waals surface area contributed by atoms with Crippen LogP contribution < -0.4 is 10.1 Å². The third kappa shape index (κ3) is 4.58. The van der Waals surface area contributed by atoms with Crippen LogP contribution in [0.1, 0.15) is 18.1 Å². The fourth-order valence-electron chi connectivity index (χ4n) is 4.34. The lowest BCUT2D eigenvalue weighted by atomic mass is 10.1. The van der Waals surface area contributed by atoms with Crippen LogP contribution in [-0.4, -0.2) is 47.3 Å². The molecule has 2 heterocycles. The molecule has 0 saturated carbocycles. The molecule has 1 fully saturated rings. The number of para-hydroxylation sites is 2. The van der Waals surface area contributed by atoms with Gasteiger partial charge >= 0.3 is 12.2 Å². The fourth-order valence-corrected chi connectivity index (χ4v) is 4.34. The highest BCUT2D eigenvalue weighted by molar-refractivity contribution is 6.04. The third-order valence-electron chi connectivity index (χ3n) is 6.16. The molecule has 0 bridgehead atoms. The van der Waals surface area contributed by atoms with Crippen molar-refractivity contribution in [3.05, 3.63) is 83.7 Å². The summed E-state index contributed by atoms with van der Waals surface area (Å²) < 4.78 is 59.7. The highest BCUT2D eigenvalue weighted by Crippen LogP contribution is 2.42. The summed E-state index contributed by atoms with van der Waals surface area (Å²) in [4.78, 5) is 21.1. The normalized spacial score (nSPS) is 17.4. The summed E-state index contributed by atoms with van der Waals surface area (Å²) in [6, 6.07) is 15.5. The summed E-state index contributed by atoms with van der Waals surface area (Å²) >= 11 is 0. The molecule has 5 rings (SSSR count). The Balaban J connectivity index is 1.41. The predicted octanol–water partition coefficient (Wildman–Crippen LogP) is 6.27. The lowest BCUT2D eigenvalue weighted by molar-refractivity contribution is -0.137. The van der Waals surface area contributed by atoms with E-state index in [1.807, 2.05) is 11.8 Å². The molecule has 0 unspecified atom stereocenters. The minimum absolute atomic E-state index is 0.0169. The molecule has 10 heteroatoms. The predicted molar refractivity (Wildman–Crippen MR) is 127 cm³/mol. The van der Waals surface area contributed by atoms with Crippen LogP contribution in [0.3, 0.4) is 0 Å². The summed E-state index contributed by atoms with van der Waals surface area (Å²) in [5.41, 5.74) is 0.201. The van der Waals surface area contributed by atoms with E-state index in [9.17, 15) is 22.4 Å². The van der Waals surface area contributed by atoms with E-state index in [-0.39, 0.29) is 23.2 Å². The molecule has 0 aromatic heterocycles. The smallest absolute Gasteiger partial charge is 0.416 e. The van der Waals surface area contributed by atoms with Crippen molar-refractivity contribution in [2.75, 3.05) is 25.0 Å². The molecule has 6 nitrogen and oxygen atoms in total. The number of amides is 2. The maximum Gasteiger partial charge on any atom is 0.416 e. The fraction of sp³-hybridized carbons (Fsp3) is 0.231. The van der Waals surface area contributed by atoms with Crippen molar-refractivity contribution in [1.82, 2.24) is 9.80 Å². The van der Waals surface area contributed by atoms with Gasteiger partial charge in [-0.2, -0.15) is 13.2 Å². The quantitative estimate of drug-likeness (QED) is 0.403. The average molecular weight is 498 g/mol. The van der Waals surface area contributed by atoms with Crippen molar-refractivity contribution in [2.45, 2.75) is 19.1 Å². The van der Waals surface area contributed by atoms with E-state index < -0.39 is 23.6 Å². The number of halogens is 4. The number of hydrogen-bond acceptors (Lipinski definition) is 4. The highest BCUT2D eigenvalue weighted by Gasteiger charge is 2.34. The van der Waals surface area contributed by atoms with Crippen LogP contribution in [0, 0.1) is 5.82 Å². The number of aliphatic imine (C=N–C) groups is 1. The number of rotatable bonds is 1. The molecule has 0 spiro atoms. The molecule has 0 aliphatic carbocycles. The van der Waals surface area contributed by atoms with E-state index >= 15 is 0 Å². The van der Waals surface area contributed by atoms with Gasteiger partial charge in [-0.3, -0.25) is 0 Å². The summed E-state index contributed by atoms with van der Waals surface area (Å²) in [6.07, 6.45) is -4.51. The van der Waals surface area contributed by atoms with Gasteiger partial charge in [0.05, 0.1) is 16.8 Å². The molecule has 0 radical (unpaired) electrons. The van der Waals surface area contributed by atoms with Gasteiger partial charge in [-0.15, -0.1) is 0 Å². The number of nitrogens with zero attached hydrogens (tertiary/aromatic N) is 3. The third-order valence-corrected chi connectivity index (χ3v) is 6.16. The van der Waals surface area contributed by atoms with Gasteiger partial charge < -0.3 is 19.9 Å². The standard InChI is InChI=1S/C26H22F4N4O2/c1-16-15-33(12-13-34(16)25(35)32-20-8-4-3-7-19(20)27)24-18-6-2-5-9-22(18)36-23-14-17(26(28,29)30)10-11-21(23)31-24/h2-11,14,16H,12-13,15H2,1H3,(H,32,35)/t16-/m0/s1. The van der Waals surface area contributed by atoms with Gasteiger partial charge in [-0.1, -0.05) is 24.3 Å². The van der Waals surface area contributed by atoms with Crippen LogP contribution in [0.4, 0.5) is 33.7 Å². The molecule has 1 N–H and O–H groups in total. The monoisotopic (exact) mass is 498 g/mol. The van der Waals surface area contributed by atoms with Crippen molar-refractivity contribution >= 4 is 23.2 Å². The van der Waals surface area contributed by atoms with Gasteiger partial charge in [0.15, 0.2) is 5.75 Å². The molecule has 1 saturated heterocycles. The van der Waals surface area contributed by atoms with E-state index in [0.29, 0.717) is 36.8 Å². The summed E-state index contributed by atoms with van der Waals surface area (Å²) in [6.45, 7) is 3.03. The number of ether oxygens (including phenoxy) is 1. The van der Waals surface area contributed by atoms with Gasteiger partial charge in [0, 0.05) is 25.7 Å². The Kier molecular flexibility index (Phi) is 6.03. The van der Waals surface area contributed by atoms with Crippen molar-refractivity contribution in [2.24, 2.45) is 4.99 Å². The zero-order valence-electron chi connectivity index (χ0n) is 19.2. The Bertz CT molecular complexity index is 1340. The average Bonchev–Trinajstić information content (AvgIpc) is 3.01. The topological polar surface area (TPSA) is 57.2 Å². The second-order valence-electron chi connectivity index (χ2n) is 8.61. The molecule has 2 aliphatic heterocycles. The Morgan fingerprint density at radius 3 is 2.53 bits per heavy atom. The summed E-state index contributed by atoms with van der Waals surface area (Å²) in [7, 11) is 0. The van der Waals surface area contributed by atoms with E-state index in [1.165, 1.54) is 18.2 Å². The lowest BCUT2D eigenvalue weighted by Gasteiger charge is -2.41. The summed E-state index contributed by atoms with van der Waals surface area (Å²) in [5, 5.41) is 2.61. The van der Waals surface area contributed by atoms with Crippen molar-refractivity contribution in [1.29, 1.82) is 0 Å². The van der Waals surface area contributed by atoms with Crippen LogP contribution >= 0.6 is 0 Å². The van der Waals surface area contributed by atoms with Gasteiger partial charge in [-0.25, -0.2) is 14.2 Å². The number of carbonyl (C=O) groups excluding carboxylic acids is 1. The first kappa shape index (κ1) is 23.7. The molecule has 36 heavy (non-hydrogen) atoms. The van der Waals surface area contributed by atoms with Crippen molar-refractivity contribution in [3.8, 4) is 11.5 Å². The Hall–Kier alpha value is -4.08. The van der Waals surface area contributed by atoms with Crippen LogP contribution in [0.15, 0.2) is 71.7 Å². The summed E-state index contributed by atoms with van der Waals surface area (Å²) in [5.74, 6) is 0.434. The first-order valence-electron chi connectivity index (χ1n) is 11.3. The molecule has 2 aliphatic rings. The van der Waals surface area contributed by atoms with Crippen LogP contribution in [0.5, 0.6) is 11.5 Å². The molecule has 1 atom stereocenters. The second-order valence-corrected chi connectivity index (χ2v) is 8.61. The first-order chi connectivity index (χ1) is 17.2. The van der Waals surface area contributed by atoms with Gasteiger partial charge in [0.25, 0.3) is 0 Å². The highest BCUT2D eigenvalue weighted by atomic mass is 19.4.